The van der Waals surface area contributed by atoms with Gasteiger partial charge in [-0.15, -0.1) is 0 Å². The zero-order valence-corrected chi connectivity index (χ0v) is 15.4. The van der Waals surface area contributed by atoms with Gasteiger partial charge in [-0.2, -0.15) is 13.2 Å². The van der Waals surface area contributed by atoms with E-state index in [4.69, 9.17) is 0 Å². The molecule has 1 saturated heterocycles. The summed E-state index contributed by atoms with van der Waals surface area (Å²) in [7, 11) is 0. The molecule has 0 radical (unpaired) electrons. The lowest BCUT2D eigenvalue weighted by Crippen LogP contribution is -3.14. The molecule has 1 aliphatic rings. The molecule has 0 unspecified atom stereocenters. The van der Waals surface area contributed by atoms with Crippen LogP contribution in [0, 0.1) is 0 Å². The van der Waals surface area contributed by atoms with E-state index in [0.29, 0.717) is 13.1 Å². The Labute approximate surface area is 162 Å². The van der Waals surface area contributed by atoms with Crippen molar-refractivity contribution in [3.05, 3.63) is 71.8 Å². The number of rotatable bonds is 4. The van der Waals surface area contributed by atoms with Crippen LogP contribution >= 0.6 is 0 Å². The minimum atomic E-state index is -4.43. The van der Waals surface area contributed by atoms with Crippen LogP contribution in [0.2, 0.25) is 0 Å². The van der Waals surface area contributed by atoms with Gasteiger partial charge in [0.2, 0.25) is 0 Å². The van der Waals surface area contributed by atoms with Crippen molar-refractivity contribution in [2.75, 3.05) is 38.0 Å². The van der Waals surface area contributed by atoms with Crippen molar-refractivity contribution < 1.29 is 22.9 Å². The standard InChI is InChI=1S/C21H22F3N3O/c22-21(23,24)18-9-4-10-19(16-18)25-20(28)27-14-12-26(13-15-27)11-5-8-17-6-2-1-3-7-17/h1-10,16H,11-15H2,(H,25,28)/p+1. The molecule has 0 atom stereocenters. The van der Waals surface area contributed by atoms with Gasteiger partial charge in [0.1, 0.15) is 0 Å². The molecular formula is C21H23F3N3O+. The number of hydrogen-bond acceptors (Lipinski definition) is 1. The van der Waals surface area contributed by atoms with Gasteiger partial charge in [0.25, 0.3) is 0 Å². The number of piperazine rings is 1. The van der Waals surface area contributed by atoms with Gasteiger partial charge < -0.3 is 15.1 Å². The van der Waals surface area contributed by atoms with E-state index in [1.165, 1.54) is 17.0 Å². The molecule has 1 fully saturated rings. The number of benzene rings is 2. The predicted octanol–water partition coefficient (Wildman–Crippen LogP) is 3.15. The van der Waals surface area contributed by atoms with Crippen LogP contribution in [0.3, 0.4) is 0 Å². The first-order valence-electron chi connectivity index (χ1n) is 9.20. The van der Waals surface area contributed by atoms with Crippen molar-refractivity contribution in [2.24, 2.45) is 0 Å². The van der Waals surface area contributed by atoms with Crippen molar-refractivity contribution in [3.63, 3.8) is 0 Å². The number of halogens is 3. The van der Waals surface area contributed by atoms with E-state index in [1.54, 1.807) is 4.90 Å². The van der Waals surface area contributed by atoms with Crippen molar-refractivity contribution in [1.82, 2.24) is 4.90 Å². The maximum Gasteiger partial charge on any atom is 0.416 e. The minimum absolute atomic E-state index is 0.153. The summed E-state index contributed by atoms with van der Waals surface area (Å²) in [6, 6.07) is 14.4. The number of quaternary nitrogens is 1. The molecule has 0 spiro atoms. The van der Waals surface area contributed by atoms with E-state index >= 15 is 0 Å². The third kappa shape index (κ3) is 5.60. The number of nitrogens with one attached hydrogen (secondary N) is 2. The predicted molar refractivity (Wildman–Crippen MR) is 103 cm³/mol. The molecule has 2 amide bonds. The highest BCUT2D eigenvalue weighted by Crippen LogP contribution is 2.30. The van der Waals surface area contributed by atoms with Gasteiger partial charge >= 0.3 is 12.2 Å². The van der Waals surface area contributed by atoms with Gasteiger partial charge in [-0.1, -0.05) is 42.5 Å². The van der Waals surface area contributed by atoms with Crippen molar-refractivity contribution in [2.45, 2.75) is 6.18 Å². The summed E-state index contributed by atoms with van der Waals surface area (Å²) in [5.41, 5.74) is 0.533. The Balaban J connectivity index is 1.47. The highest BCUT2D eigenvalue weighted by molar-refractivity contribution is 5.89. The van der Waals surface area contributed by atoms with Gasteiger partial charge in [0, 0.05) is 5.69 Å². The molecule has 28 heavy (non-hydrogen) atoms. The molecule has 2 aromatic rings. The van der Waals surface area contributed by atoms with Crippen molar-refractivity contribution >= 4 is 17.8 Å². The first-order chi connectivity index (χ1) is 13.4. The number of nitrogens with zero attached hydrogens (tertiary/aromatic N) is 1. The molecule has 2 aromatic carbocycles. The fraction of sp³-hybridized carbons (Fsp3) is 0.286. The summed E-state index contributed by atoms with van der Waals surface area (Å²) in [5, 5.41) is 2.57. The average molecular weight is 390 g/mol. The molecule has 148 valence electrons. The number of alkyl halides is 3. The third-order valence-electron chi connectivity index (χ3n) is 4.72. The lowest BCUT2D eigenvalue weighted by molar-refractivity contribution is -0.898. The molecule has 0 saturated carbocycles. The second-order valence-electron chi connectivity index (χ2n) is 6.76. The molecule has 0 bridgehead atoms. The van der Waals surface area contributed by atoms with Crippen LogP contribution < -0.4 is 10.2 Å². The highest BCUT2D eigenvalue weighted by atomic mass is 19.4. The van der Waals surface area contributed by atoms with E-state index in [1.807, 2.05) is 30.3 Å². The van der Waals surface area contributed by atoms with E-state index < -0.39 is 11.7 Å². The van der Waals surface area contributed by atoms with Gasteiger partial charge in [-0.25, -0.2) is 4.79 Å². The number of hydrogen-bond donors (Lipinski definition) is 2. The fourth-order valence-corrected chi connectivity index (χ4v) is 3.13. The van der Waals surface area contributed by atoms with E-state index in [-0.39, 0.29) is 11.7 Å². The Morgan fingerprint density at radius 1 is 1.07 bits per heavy atom. The monoisotopic (exact) mass is 390 g/mol. The SMILES string of the molecule is O=C(Nc1cccc(C(F)(F)F)c1)N1CC[NH+](CC=Cc2ccccc2)CC1. The molecular weight excluding hydrogens is 367 g/mol. The Kier molecular flexibility index (Phi) is 6.36. The van der Waals surface area contributed by atoms with Gasteiger partial charge in [-0.05, 0) is 29.8 Å². The second-order valence-corrected chi connectivity index (χ2v) is 6.76. The molecule has 0 aromatic heterocycles. The number of urea groups is 1. The van der Waals surface area contributed by atoms with Crippen molar-refractivity contribution in [1.29, 1.82) is 0 Å². The Morgan fingerprint density at radius 2 is 1.79 bits per heavy atom. The molecule has 1 aliphatic heterocycles. The summed E-state index contributed by atoms with van der Waals surface area (Å²) < 4.78 is 38.3. The Hall–Kier alpha value is -2.80. The number of amides is 2. The summed E-state index contributed by atoms with van der Waals surface area (Å²) in [6.45, 7) is 3.61. The number of carbonyl (C=O) groups is 1. The van der Waals surface area contributed by atoms with Crippen LogP contribution in [0.5, 0.6) is 0 Å². The summed E-state index contributed by atoms with van der Waals surface area (Å²) in [6.07, 6.45) is -0.217. The first-order valence-corrected chi connectivity index (χ1v) is 9.20. The van der Waals surface area contributed by atoms with Crippen LogP contribution in [-0.2, 0) is 6.18 Å². The topological polar surface area (TPSA) is 36.8 Å². The van der Waals surface area contributed by atoms with Gasteiger partial charge in [0.05, 0.1) is 38.3 Å². The van der Waals surface area contributed by atoms with E-state index in [9.17, 15) is 18.0 Å². The summed E-state index contributed by atoms with van der Waals surface area (Å²) in [5.74, 6) is 0. The summed E-state index contributed by atoms with van der Waals surface area (Å²) >= 11 is 0. The van der Waals surface area contributed by atoms with Crippen LogP contribution in [0.15, 0.2) is 60.7 Å². The van der Waals surface area contributed by atoms with Crippen molar-refractivity contribution in [3.8, 4) is 0 Å². The smallest absolute Gasteiger partial charge is 0.329 e. The van der Waals surface area contributed by atoms with Crippen LogP contribution in [0.1, 0.15) is 11.1 Å². The molecule has 3 rings (SSSR count). The molecule has 1 heterocycles. The fourth-order valence-electron chi connectivity index (χ4n) is 3.13. The maximum absolute atomic E-state index is 12.8. The van der Waals surface area contributed by atoms with E-state index in [0.717, 1.165) is 37.3 Å². The zero-order valence-electron chi connectivity index (χ0n) is 15.4. The van der Waals surface area contributed by atoms with Crippen LogP contribution in [-0.4, -0.2) is 43.7 Å². The van der Waals surface area contributed by atoms with Gasteiger partial charge in [0.15, 0.2) is 0 Å². The normalized spacial score (nSPS) is 15.8. The Morgan fingerprint density at radius 3 is 2.46 bits per heavy atom. The molecule has 4 nitrogen and oxygen atoms in total. The highest BCUT2D eigenvalue weighted by Gasteiger charge is 2.30. The average Bonchev–Trinajstić information content (AvgIpc) is 2.69. The minimum Gasteiger partial charge on any atom is -0.329 e. The third-order valence-corrected chi connectivity index (χ3v) is 4.72. The molecule has 2 N–H and O–H groups in total. The van der Waals surface area contributed by atoms with Crippen LogP contribution in [0.25, 0.3) is 6.08 Å². The number of anilines is 1. The molecule has 0 aliphatic carbocycles. The number of carbonyl (C=O) groups excluding carboxylic acids is 1. The summed E-state index contributed by atoms with van der Waals surface area (Å²) in [4.78, 5) is 15.4. The van der Waals surface area contributed by atoms with Gasteiger partial charge in [-0.3, -0.25) is 0 Å². The lowest BCUT2D eigenvalue weighted by atomic mass is 10.2. The quantitative estimate of drug-likeness (QED) is 0.827. The Bertz CT molecular complexity index is 813. The zero-order chi connectivity index (χ0) is 20.0. The molecule has 7 heteroatoms. The largest absolute Gasteiger partial charge is 0.416 e. The van der Waals surface area contributed by atoms with Crippen LogP contribution in [0.4, 0.5) is 23.7 Å². The first kappa shape index (κ1) is 19.9. The van der Waals surface area contributed by atoms with E-state index in [2.05, 4.69) is 17.5 Å². The lowest BCUT2D eigenvalue weighted by Gasteiger charge is -2.31. The maximum atomic E-state index is 12.8. The second kappa shape index (κ2) is 8.93.